The Morgan fingerprint density at radius 2 is 1.63 bits per heavy atom. The number of hydrogen-bond donors (Lipinski definition) is 1. The molecule has 1 aliphatic heterocycles. The van der Waals surface area contributed by atoms with Crippen LogP contribution in [0.1, 0.15) is 45.7 Å². The molecule has 0 spiro atoms. The third-order valence-corrected chi connectivity index (χ3v) is 7.56. The van der Waals surface area contributed by atoms with Crippen LogP contribution < -0.4 is 15.5 Å². The van der Waals surface area contributed by atoms with E-state index in [1.807, 2.05) is 54.6 Å². The minimum Gasteiger partial charge on any atom is -0.489 e. The van der Waals surface area contributed by atoms with Crippen molar-refractivity contribution in [2.24, 2.45) is 0 Å². The van der Waals surface area contributed by atoms with Crippen molar-refractivity contribution in [3.05, 3.63) is 88.1 Å². The van der Waals surface area contributed by atoms with E-state index in [2.05, 4.69) is 17.2 Å². The molecule has 0 saturated carbocycles. The van der Waals surface area contributed by atoms with Gasteiger partial charge in [-0.3, -0.25) is 4.79 Å². The Morgan fingerprint density at radius 1 is 0.976 bits per heavy atom. The Morgan fingerprint density at radius 3 is 2.32 bits per heavy atom. The van der Waals surface area contributed by atoms with Gasteiger partial charge in [-0.05, 0) is 76.6 Å². The van der Waals surface area contributed by atoms with Gasteiger partial charge in [-0.1, -0.05) is 42.2 Å². The van der Waals surface area contributed by atoms with Crippen LogP contribution in [0.2, 0.25) is 0 Å². The zero-order valence-electron chi connectivity index (χ0n) is 23.8. The van der Waals surface area contributed by atoms with Crippen molar-refractivity contribution in [3.8, 4) is 17.6 Å². The van der Waals surface area contributed by atoms with Crippen LogP contribution in [-0.2, 0) is 20.8 Å². The molecule has 8 heteroatoms. The molecule has 7 nitrogen and oxygen atoms in total. The Balaban J connectivity index is 1.45. The van der Waals surface area contributed by atoms with Crippen molar-refractivity contribution < 1.29 is 23.7 Å². The number of rotatable bonds is 4. The summed E-state index contributed by atoms with van der Waals surface area (Å²) in [7, 11) is 0. The van der Waals surface area contributed by atoms with Crippen molar-refractivity contribution in [3.63, 3.8) is 0 Å². The molecule has 0 bridgehead atoms. The average Bonchev–Trinajstić information content (AvgIpc) is 2.92. The maximum absolute atomic E-state index is 13.6. The number of fused-ring (bicyclic) bond motifs is 2. The molecule has 0 aliphatic carbocycles. The summed E-state index contributed by atoms with van der Waals surface area (Å²) in [5, 5.41) is 4.01. The Hall–Kier alpha value is -3.90. The second kappa shape index (κ2) is 11.2. The fourth-order valence-corrected chi connectivity index (χ4v) is 5.32. The number of carbonyl (C=O) groups is 1. The highest BCUT2D eigenvalue weighted by Crippen LogP contribution is 2.29. The van der Waals surface area contributed by atoms with E-state index in [4.69, 9.17) is 18.9 Å². The number of benzene rings is 3. The lowest BCUT2D eigenvalue weighted by Gasteiger charge is -2.41. The van der Waals surface area contributed by atoms with E-state index in [0.717, 1.165) is 15.0 Å². The van der Waals surface area contributed by atoms with Gasteiger partial charge in [0, 0.05) is 25.7 Å². The van der Waals surface area contributed by atoms with Gasteiger partial charge in [0.05, 0.1) is 13.2 Å². The molecular weight excluding hydrogens is 538 g/mol. The molecule has 1 aromatic heterocycles. The Bertz CT molecular complexity index is 1700. The van der Waals surface area contributed by atoms with Crippen molar-refractivity contribution in [2.75, 3.05) is 13.2 Å². The quantitative estimate of drug-likeness (QED) is 0.226. The molecule has 212 valence electrons. The first-order valence-electron chi connectivity index (χ1n) is 13.4. The fourth-order valence-electron chi connectivity index (χ4n) is 4.29. The molecule has 0 radical (unpaired) electrons. The van der Waals surface area contributed by atoms with Crippen molar-refractivity contribution >= 4 is 37.6 Å². The number of amides is 1. The van der Waals surface area contributed by atoms with Gasteiger partial charge in [-0.25, -0.2) is 4.79 Å². The number of carbonyl (C=O) groups excluding carboxylic acids is 1. The minimum absolute atomic E-state index is 0.0877. The van der Waals surface area contributed by atoms with E-state index >= 15 is 0 Å². The molecule has 0 unspecified atom stereocenters. The van der Waals surface area contributed by atoms with E-state index in [9.17, 15) is 9.59 Å². The molecule has 5 rings (SSSR count). The molecule has 1 amide bonds. The van der Waals surface area contributed by atoms with E-state index in [0.29, 0.717) is 28.7 Å². The van der Waals surface area contributed by atoms with Crippen molar-refractivity contribution in [1.29, 1.82) is 0 Å². The third kappa shape index (κ3) is 7.06. The molecule has 1 N–H and O–H groups in total. The SMILES string of the molecule is CC(C)(C)OC(=O)NC1(C#Cc2ccc3sc4ccc(OCc5ccccc5)cc4c(=O)c3c2)COC(C)(C)OC1. The van der Waals surface area contributed by atoms with Gasteiger partial charge in [-0.2, -0.15) is 0 Å². The summed E-state index contributed by atoms with van der Waals surface area (Å²) in [6, 6.07) is 21.0. The Kier molecular flexibility index (Phi) is 7.80. The molecular formula is C33H33NO6S. The molecule has 1 fully saturated rings. The third-order valence-electron chi connectivity index (χ3n) is 6.41. The van der Waals surface area contributed by atoms with E-state index in [-0.39, 0.29) is 18.6 Å². The second-order valence-electron chi connectivity index (χ2n) is 11.5. The first-order valence-corrected chi connectivity index (χ1v) is 14.2. The lowest BCUT2D eigenvalue weighted by atomic mass is 10.00. The van der Waals surface area contributed by atoms with Gasteiger partial charge in [0.1, 0.15) is 18.0 Å². The highest BCUT2D eigenvalue weighted by atomic mass is 32.1. The van der Waals surface area contributed by atoms with Crippen LogP contribution in [0.4, 0.5) is 4.79 Å². The smallest absolute Gasteiger partial charge is 0.409 e. The van der Waals surface area contributed by atoms with Crippen LogP contribution in [0, 0.1) is 11.8 Å². The Labute approximate surface area is 243 Å². The van der Waals surface area contributed by atoms with Crippen LogP contribution in [0.25, 0.3) is 20.2 Å². The fraction of sp³-hybridized carbons (Fsp3) is 0.333. The van der Waals surface area contributed by atoms with Crippen molar-refractivity contribution in [2.45, 2.75) is 58.2 Å². The zero-order chi connectivity index (χ0) is 29.3. The first-order chi connectivity index (χ1) is 19.4. The molecule has 4 aromatic rings. The average molecular weight is 572 g/mol. The van der Waals surface area contributed by atoms with Gasteiger partial charge in [-0.15, -0.1) is 11.3 Å². The molecule has 3 aromatic carbocycles. The van der Waals surface area contributed by atoms with Crippen LogP contribution in [0.3, 0.4) is 0 Å². The number of hydrogen-bond acceptors (Lipinski definition) is 7. The van der Waals surface area contributed by atoms with Gasteiger partial charge >= 0.3 is 6.09 Å². The standard InChI is InChI=1S/C33H33NO6S/c1-31(2,3)40-30(36)34-33(20-38-32(4,5)39-21-33)16-15-22-11-13-27-25(17-22)29(35)26-18-24(12-14-28(26)41-27)37-19-23-9-7-6-8-10-23/h6-14,17-18H,19-21H2,1-5H3,(H,34,36). The minimum atomic E-state index is -1.12. The van der Waals surface area contributed by atoms with Gasteiger partial charge in [0.15, 0.2) is 16.8 Å². The maximum Gasteiger partial charge on any atom is 0.409 e. The van der Waals surface area contributed by atoms with Gasteiger partial charge in [0.25, 0.3) is 0 Å². The predicted octanol–water partition coefficient (Wildman–Crippen LogP) is 6.39. The van der Waals surface area contributed by atoms with E-state index in [1.165, 1.54) is 11.3 Å². The molecule has 0 atom stereocenters. The monoisotopic (exact) mass is 571 g/mol. The van der Waals surface area contributed by atoms with Crippen LogP contribution in [0.5, 0.6) is 5.75 Å². The number of alkyl carbamates (subject to hydrolysis) is 1. The topological polar surface area (TPSA) is 83.1 Å². The van der Waals surface area contributed by atoms with Crippen LogP contribution in [-0.4, -0.2) is 36.2 Å². The summed E-state index contributed by atoms with van der Waals surface area (Å²) in [6.45, 7) is 9.64. The predicted molar refractivity (Wildman–Crippen MR) is 161 cm³/mol. The van der Waals surface area contributed by atoms with Crippen LogP contribution >= 0.6 is 11.3 Å². The normalized spacial score (nSPS) is 16.0. The molecule has 1 aliphatic rings. The molecule has 41 heavy (non-hydrogen) atoms. The summed E-state index contributed by atoms with van der Waals surface area (Å²) in [6.07, 6.45) is -0.613. The maximum atomic E-state index is 13.6. The largest absolute Gasteiger partial charge is 0.489 e. The van der Waals surface area contributed by atoms with E-state index in [1.54, 1.807) is 46.8 Å². The first kappa shape index (κ1) is 28.6. The summed E-state index contributed by atoms with van der Waals surface area (Å²) < 4.78 is 24.8. The number of ether oxygens (including phenoxy) is 4. The summed E-state index contributed by atoms with van der Waals surface area (Å²) in [4.78, 5) is 26.2. The molecule has 1 saturated heterocycles. The second-order valence-corrected chi connectivity index (χ2v) is 12.6. The lowest BCUT2D eigenvalue weighted by Crippen LogP contribution is -2.60. The summed E-state index contributed by atoms with van der Waals surface area (Å²) in [5.74, 6) is 6.10. The van der Waals surface area contributed by atoms with Crippen molar-refractivity contribution in [1.82, 2.24) is 5.32 Å². The lowest BCUT2D eigenvalue weighted by molar-refractivity contribution is -0.262. The summed E-state index contributed by atoms with van der Waals surface area (Å²) >= 11 is 1.54. The van der Waals surface area contributed by atoms with Gasteiger partial charge < -0.3 is 24.3 Å². The highest BCUT2D eigenvalue weighted by Gasteiger charge is 2.41. The highest BCUT2D eigenvalue weighted by molar-refractivity contribution is 7.24. The molecule has 2 heterocycles. The number of nitrogens with one attached hydrogen (secondary N) is 1. The van der Waals surface area contributed by atoms with Gasteiger partial charge in [0.2, 0.25) is 0 Å². The summed E-state index contributed by atoms with van der Waals surface area (Å²) in [5.41, 5.74) is -0.198. The zero-order valence-corrected chi connectivity index (χ0v) is 24.6. The van der Waals surface area contributed by atoms with E-state index < -0.39 is 23.0 Å². The van der Waals surface area contributed by atoms with Crippen LogP contribution in [0.15, 0.2) is 71.5 Å².